The fourth-order valence-electron chi connectivity index (χ4n) is 1.49. The fourth-order valence-corrected chi connectivity index (χ4v) is 1.49. The van der Waals surface area contributed by atoms with Gasteiger partial charge in [-0.2, -0.15) is 0 Å². The molecular weight excluding hydrogens is 202 g/mol. The molecule has 0 amide bonds. The number of carbonyl (C=O) groups excluding carboxylic acids is 1. The van der Waals surface area contributed by atoms with E-state index in [9.17, 15) is 13.6 Å². The molecule has 5 heteroatoms. The Morgan fingerprint density at radius 2 is 2.20 bits per heavy atom. The van der Waals surface area contributed by atoms with Crippen molar-refractivity contribution < 1.29 is 13.6 Å². The molecule has 0 spiro atoms. The minimum absolute atomic E-state index is 0.284. The molecule has 2 aromatic rings. The number of aryl methyl sites for hydroxylation is 1. The number of halogens is 2. The van der Waals surface area contributed by atoms with Crippen LogP contribution in [0.3, 0.4) is 0 Å². The van der Waals surface area contributed by atoms with Gasteiger partial charge in [-0.25, -0.2) is 13.8 Å². The van der Waals surface area contributed by atoms with E-state index in [0.29, 0.717) is 22.9 Å². The summed E-state index contributed by atoms with van der Waals surface area (Å²) in [5.41, 5.74) is 1.46. The predicted molar refractivity (Wildman–Crippen MR) is 51.1 cm³/mol. The largest absolute Gasteiger partial charge is 0.326 e. The molecule has 3 nitrogen and oxygen atoms in total. The average Bonchev–Trinajstić information content (AvgIpc) is 2.56. The maximum atomic E-state index is 12.5. The van der Waals surface area contributed by atoms with E-state index in [0.717, 1.165) is 0 Å². The van der Waals surface area contributed by atoms with Gasteiger partial charge in [0.1, 0.15) is 6.29 Å². The quantitative estimate of drug-likeness (QED) is 0.713. The SMILES string of the molecule is Cn1c(C(F)F)nc2ccc(C=O)cc21. The number of imidazole rings is 1. The molecule has 0 aliphatic rings. The summed E-state index contributed by atoms with van der Waals surface area (Å²) in [4.78, 5) is 14.3. The molecule has 1 aromatic carbocycles. The summed E-state index contributed by atoms with van der Waals surface area (Å²) in [5.74, 6) is -0.284. The van der Waals surface area contributed by atoms with Gasteiger partial charge < -0.3 is 4.57 Å². The minimum atomic E-state index is -2.61. The van der Waals surface area contributed by atoms with Crippen LogP contribution in [-0.2, 0) is 7.05 Å². The summed E-state index contributed by atoms with van der Waals surface area (Å²) in [6.07, 6.45) is -1.93. The second-order valence-corrected chi connectivity index (χ2v) is 3.20. The van der Waals surface area contributed by atoms with Gasteiger partial charge in [-0.3, -0.25) is 4.79 Å². The third-order valence-electron chi connectivity index (χ3n) is 2.27. The highest BCUT2D eigenvalue weighted by atomic mass is 19.3. The van der Waals surface area contributed by atoms with Crippen LogP contribution >= 0.6 is 0 Å². The Morgan fingerprint density at radius 1 is 1.47 bits per heavy atom. The standard InChI is InChI=1S/C10H8F2N2O/c1-14-8-4-6(5-15)2-3-7(8)13-10(14)9(11)12/h2-5,9H,1H3. The van der Waals surface area contributed by atoms with E-state index in [-0.39, 0.29) is 5.82 Å². The molecule has 0 fully saturated rings. The first kappa shape index (κ1) is 9.76. The molecule has 0 aliphatic heterocycles. The summed E-state index contributed by atoms with van der Waals surface area (Å²) in [7, 11) is 1.51. The van der Waals surface area contributed by atoms with E-state index >= 15 is 0 Å². The number of aldehydes is 1. The van der Waals surface area contributed by atoms with Crippen molar-refractivity contribution in [3.63, 3.8) is 0 Å². The molecule has 0 unspecified atom stereocenters. The zero-order valence-corrected chi connectivity index (χ0v) is 7.95. The van der Waals surface area contributed by atoms with E-state index in [1.165, 1.54) is 11.6 Å². The lowest BCUT2D eigenvalue weighted by Gasteiger charge is -1.99. The van der Waals surface area contributed by atoms with Gasteiger partial charge >= 0.3 is 0 Å². The lowest BCUT2D eigenvalue weighted by molar-refractivity contribution is 0.112. The topological polar surface area (TPSA) is 34.9 Å². The van der Waals surface area contributed by atoms with Crippen molar-refractivity contribution in [2.45, 2.75) is 6.43 Å². The van der Waals surface area contributed by atoms with Crippen LogP contribution in [0.2, 0.25) is 0 Å². The first-order valence-electron chi connectivity index (χ1n) is 4.33. The van der Waals surface area contributed by atoms with Gasteiger partial charge in [0.05, 0.1) is 11.0 Å². The number of benzene rings is 1. The molecule has 0 N–H and O–H groups in total. The molecule has 0 bridgehead atoms. The number of fused-ring (bicyclic) bond motifs is 1. The Bertz CT molecular complexity index is 519. The van der Waals surface area contributed by atoms with Gasteiger partial charge in [0, 0.05) is 12.6 Å². The molecule has 1 aromatic heterocycles. The summed E-state index contributed by atoms with van der Waals surface area (Å²) in [5, 5.41) is 0. The maximum absolute atomic E-state index is 12.5. The van der Waals surface area contributed by atoms with Crippen LogP contribution in [0, 0.1) is 0 Å². The molecule has 15 heavy (non-hydrogen) atoms. The molecule has 1 heterocycles. The van der Waals surface area contributed by atoms with Gasteiger partial charge in [-0.05, 0) is 18.2 Å². The molecule has 78 valence electrons. The van der Waals surface area contributed by atoms with E-state index in [4.69, 9.17) is 0 Å². The van der Waals surface area contributed by atoms with Gasteiger partial charge in [0.15, 0.2) is 5.82 Å². The van der Waals surface area contributed by atoms with Crippen molar-refractivity contribution in [2.75, 3.05) is 0 Å². The van der Waals surface area contributed by atoms with Crippen molar-refractivity contribution >= 4 is 17.3 Å². The molecule has 0 saturated heterocycles. The molecule has 0 saturated carbocycles. The highest BCUT2D eigenvalue weighted by Gasteiger charge is 2.16. The lowest BCUT2D eigenvalue weighted by atomic mass is 10.2. The molecule has 2 rings (SSSR count). The van der Waals surface area contributed by atoms with Gasteiger partial charge in [0.2, 0.25) is 0 Å². The van der Waals surface area contributed by atoms with Gasteiger partial charge in [-0.15, -0.1) is 0 Å². The monoisotopic (exact) mass is 210 g/mol. The number of carbonyl (C=O) groups is 1. The Morgan fingerprint density at radius 3 is 2.80 bits per heavy atom. The van der Waals surface area contributed by atoms with E-state index in [1.807, 2.05) is 0 Å². The molecule has 0 aliphatic carbocycles. The van der Waals surface area contributed by atoms with Crippen LogP contribution in [0.4, 0.5) is 8.78 Å². The van der Waals surface area contributed by atoms with Crippen molar-refractivity contribution in [1.29, 1.82) is 0 Å². The highest BCUT2D eigenvalue weighted by Crippen LogP contribution is 2.23. The van der Waals surface area contributed by atoms with Crippen LogP contribution in [0.5, 0.6) is 0 Å². The number of aromatic nitrogens is 2. The van der Waals surface area contributed by atoms with Crippen LogP contribution in [-0.4, -0.2) is 15.8 Å². The molecule has 0 atom stereocenters. The van der Waals surface area contributed by atoms with Crippen LogP contribution in [0.25, 0.3) is 11.0 Å². The normalized spacial score (nSPS) is 11.2. The third kappa shape index (κ3) is 1.49. The number of nitrogens with zero attached hydrogens (tertiary/aromatic N) is 2. The van der Waals surface area contributed by atoms with Gasteiger partial charge in [0.25, 0.3) is 6.43 Å². The van der Waals surface area contributed by atoms with E-state index in [2.05, 4.69) is 4.98 Å². The summed E-state index contributed by atoms with van der Waals surface area (Å²) in [6.45, 7) is 0. The van der Waals surface area contributed by atoms with Crippen molar-refractivity contribution in [1.82, 2.24) is 9.55 Å². The Labute approximate surface area is 84.3 Å². The predicted octanol–water partition coefficient (Wildman–Crippen LogP) is 2.32. The average molecular weight is 210 g/mol. The molecule has 0 radical (unpaired) electrons. The van der Waals surface area contributed by atoms with Crippen molar-refractivity contribution in [3.8, 4) is 0 Å². The van der Waals surface area contributed by atoms with E-state index in [1.54, 1.807) is 18.2 Å². The van der Waals surface area contributed by atoms with E-state index < -0.39 is 6.43 Å². The summed E-state index contributed by atoms with van der Waals surface area (Å²) >= 11 is 0. The number of hydrogen-bond donors (Lipinski definition) is 0. The Balaban J connectivity index is 2.71. The van der Waals surface area contributed by atoms with Crippen molar-refractivity contribution in [2.24, 2.45) is 7.05 Å². The summed E-state index contributed by atoms with van der Waals surface area (Å²) in [6, 6.07) is 4.66. The second-order valence-electron chi connectivity index (χ2n) is 3.20. The van der Waals surface area contributed by atoms with Gasteiger partial charge in [-0.1, -0.05) is 0 Å². The number of hydrogen-bond acceptors (Lipinski definition) is 2. The first-order chi connectivity index (χ1) is 7.13. The Hall–Kier alpha value is -1.78. The number of rotatable bonds is 2. The van der Waals surface area contributed by atoms with Crippen LogP contribution in [0.1, 0.15) is 22.6 Å². The van der Waals surface area contributed by atoms with Crippen LogP contribution in [0.15, 0.2) is 18.2 Å². The minimum Gasteiger partial charge on any atom is -0.326 e. The van der Waals surface area contributed by atoms with Crippen molar-refractivity contribution in [3.05, 3.63) is 29.6 Å². The zero-order chi connectivity index (χ0) is 11.0. The lowest BCUT2D eigenvalue weighted by Crippen LogP contribution is -1.97. The Kier molecular flexibility index (Phi) is 2.22. The fraction of sp³-hybridized carbons (Fsp3) is 0.200. The second kappa shape index (κ2) is 3.42. The summed E-state index contributed by atoms with van der Waals surface area (Å²) < 4.78 is 26.3. The van der Waals surface area contributed by atoms with Crippen LogP contribution < -0.4 is 0 Å². The number of alkyl halides is 2. The smallest absolute Gasteiger partial charge is 0.295 e. The first-order valence-corrected chi connectivity index (χ1v) is 4.33. The maximum Gasteiger partial charge on any atom is 0.295 e. The zero-order valence-electron chi connectivity index (χ0n) is 7.95. The molecular formula is C10H8F2N2O. The third-order valence-corrected chi connectivity index (χ3v) is 2.27. The highest BCUT2D eigenvalue weighted by molar-refractivity contribution is 5.85.